The Kier molecular flexibility index (Phi) is 8.37. The van der Waals surface area contributed by atoms with Crippen molar-refractivity contribution < 1.29 is 15.0 Å². The lowest BCUT2D eigenvalue weighted by Crippen LogP contribution is -2.44. The van der Waals surface area contributed by atoms with Gasteiger partial charge in [-0.25, -0.2) is 0 Å². The minimum absolute atomic E-state index is 0.155. The molecule has 0 aliphatic carbocycles. The number of benzene rings is 1. The van der Waals surface area contributed by atoms with Gasteiger partial charge in [0.2, 0.25) is 0 Å². The average Bonchev–Trinajstić information content (AvgIpc) is 2.68. The molecule has 1 heterocycles. The van der Waals surface area contributed by atoms with E-state index < -0.39 is 18.1 Å². The van der Waals surface area contributed by atoms with Crippen LogP contribution in [-0.2, 0) is 4.79 Å². The number of carbonyl (C=O) groups is 1. The second-order valence-corrected chi connectivity index (χ2v) is 7.09. The van der Waals surface area contributed by atoms with Gasteiger partial charge < -0.3 is 30.6 Å². The maximum absolute atomic E-state index is 11.8. The van der Waals surface area contributed by atoms with Crippen molar-refractivity contribution in [3.63, 3.8) is 0 Å². The van der Waals surface area contributed by atoms with E-state index >= 15 is 0 Å². The van der Waals surface area contributed by atoms with E-state index in [1.807, 2.05) is 24.3 Å². The summed E-state index contributed by atoms with van der Waals surface area (Å²) in [5.41, 5.74) is 2.02. The molecule has 1 fully saturated rings. The van der Waals surface area contributed by atoms with Gasteiger partial charge in [0.1, 0.15) is 6.10 Å². The van der Waals surface area contributed by atoms with Crippen LogP contribution in [0.15, 0.2) is 36.5 Å². The van der Waals surface area contributed by atoms with Crippen molar-refractivity contribution in [1.29, 1.82) is 0 Å². The number of aliphatic hydroxyl groups excluding tert-OH is 2. The maximum atomic E-state index is 11.8. The van der Waals surface area contributed by atoms with Crippen LogP contribution in [0.25, 0.3) is 0 Å². The van der Waals surface area contributed by atoms with Gasteiger partial charge >= 0.3 is 0 Å². The van der Waals surface area contributed by atoms with E-state index in [1.54, 1.807) is 0 Å². The molecule has 2 atom stereocenters. The third kappa shape index (κ3) is 6.39. The van der Waals surface area contributed by atoms with Crippen molar-refractivity contribution in [2.45, 2.75) is 18.6 Å². The first-order valence-corrected chi connectivity index (χ1v) is 9.65. The summed E-state index contributed by atoms with van der Waals surface area (Å²) in [6, 6.07) is 7.78. The summed E-state index contributed by atoms with van der Waals surface area (Å²) < 4.78 is 0. The van der Waals surface area contributed by atoms with Crippen LogP contribution in [0.4, 0.5) is 11.4 Å². The van der Waals surface area contributed by atoms with Crippen LogP contribution in [0.3, 0.4) is 0 Å². The lowest BCUT2D eigenvalue weighted by atomic mass is 10.1. The Hall–Kier alpha value is -1.80. The Morgan fingerprint density at radius 2 is 1.81 bits per heavy atom. The number of piperazine rings is 1. The smallest absolute Gasteiger partial charge is 0.251 e. The summed E-state index contributed by atoms with van der Waals surface area (Å²) in [6.07, 6.45) is -2.42. The number of halogens is 1. The van der Waals surface area contributed by atoms with Crippen LogP contribution >= 0.6 is 11.6 Å². The number of carbonyl (C=O) groups excluding carboxylic acids is 1. The number of nitrogens with zero attached hydrogens (tertiary/aromatic N) is 2. The Labute approximate surface area is 165 Å². The van der Waals surface area contributed by atoms with E-state index in [0.717, 1.165) is 37.6 Å². The SMILES string of the molecule is C=C(Nc1ccc(N2CCN(C)CC2)cc1)[C@H](O)[C@@H](O)C(=O)NCCCCl. The number of amides is 1. The fourth-order valence-corrected chi connectivity index (χ4v) is 2.93. The third-order valence-corrected chi connectivity index (χ3v) is 4.84. The normalized spacial score (nSPS) is 17.3. The lowest BCUT2D eigenvalue weighted by molar-refractivity contribution is -0.133. The summed E-state index contributed by atoms with van der Waals surface area (Å²) in [5.74, 6) is -0.238. The van der Waals surface area contributed by atoms with Gasteiger partial charge in [-0.2, -0.15) is 0 Å². The van der Waals surface area contributed by atoms with E-state index in [0.29, 0.717) is 18.8 Å². The van der Waals surface area contributed by atoms with Crippen molar-refractivity contribution in [2.24, 2.45) is 0 Å². The third-order valence-electron chi connectivity index (χ3n) is 4.57. The number of alkyl halides is 1. The number of rotatable bonds is 9. The summed E-state index contributed by atoms with van der Waals surface area (Å²) in [7, 11) is 2.12. The summed E-state index contributed by atoms with van der Waals surface area (Å²) in [5, 5.41) is 25.6. The summed E-state index contributed by atoms with van der Waals surface area (Å²) >= 11 is 5.54. The number of aliphatic hydroxyl groups is 2. The minimum Gasteiger partial charge on any atom is -0.384 e. The molecule has 4 N–H and O–H groups in total. The molecule has 1 aromatic carbocycles. The van der Waals surface area contributed by atoms with E-state index in [2.05, 4.69) is 34.1 Å². The van der Waals surface area contributed by atoms with E-state index in [9.17, 15) is 15.0 Å². The molecule has 1 saturated heterocycles. The molecule has 0 spiro atoms. The van der Waals surface area contributed by atoms with Crippen LogP contribution in [0.2, 0.25) is 0 Å². The molecule has 150 valence electrons. The molecule has 0 bridgehead atoms. The molecule has 8 heteroatoms. The van der Waals surface area contributed by atoms with Gasteiger partial charge in [0.15, 0.2) is 6.10 Å². The van der Waals surface area contributed by atoms with Gasteiger partial charge in [-0.05, 0) is 37.7 Å². The van der Waals surface area contributed by atoms with Crippen LogP contribution in [0, 0.1) is 0 Å². The van der Waals surface area contributed by atoms with Gasteiger partial charge in [-0.15, -0.1) is 11.6 Å². The first kappa shape index (κ1) is 21.5. The van der Waals surface area contributed by atoms with Gasteiger partial charge in [-0.1, -0.05) is 6.58 Å². The number of nitrogens with one attached hydrogen (secondary N) is 2. The van der Waals surface area contributed by atoms with Crippen molar-refractivity contribution in [2.75, 3.05) is 55.9 Å². The molecule has 0 aromatic heterocycles. The molecule has 1 aliphatic rings. The number of hydrogen-bond acceptors (Lipinski definition) is 6. The molecule has 7 nitrogen and oxygen atoms in total. The van der Waals surface area contributed by atoms with Crippen LogP contribution < -0.4 is 15.5 Å². The maximum Gasteiger partial charge on any atom is 0.251 e. The molecular weight excluding hydrogens is 368 g/mol. The number of likely N-dealkylation sites (N-methyl/N-ethyl adjacent to an activating group) is 1. The first-order valence-electron chi connectivity index (χ1n) is 9.11. The van der Waals surface area contributed by atoms with Crippen molar-refractivity contribution in [3.05, 3.63) is 36.5 Å². The van der Waals surface area contributed by atoms with Gasteiger partial charge in [0.05, 0.1) is 0 Å². The van der Waals surface area contributed by atoms with Crippen LogP contribution in [-0.4, -0.2) is 78.9 Å². The largest absolute Gasteiger partial charge is 0.384 e. The zero-order chi connectivity index (χ0) is 19.8. The highest BCUT2D eigenvalue weighted by atomic mass is 35.5. The monoisotopic (exact) mass is 396 g/mol. The lowest BCUT2D eigenvalue weighted by Gasteiger charge is -2.34. The molecule has 1 aliphatic heterocycles. The number of hydrogen-bond donors (Lipinski definition) is 4. The number of anilines is 2. The van der Waals surface area contributed by atoms with Gasteiger partial charge in [0, 0.05) is 55.7 Å². The van der Waals surface area contributed by atoms with Gasteiger partial charge in [-0.3, -0.25) is 4.79 Å². The second kappa shape index (κ2) is 10.5. The topological polar surface area (TPSA) is 88.1 Å². The fraction of sp³-hybridized carbons (Fsp3) is 0.526. The van der Waals surface area contributed by atoms with Crippen LogP contribution in [0.5, 0.6) is 0 Å². The standard InChI is InChI=1S/C19H29ClN4O3/c1-14(17(25)18(26)19(27)21-9-3-8-20)22-15-4-6-16(7-5-15)24-12-10-23(2)11-13-24/h4-7,17-18,22,25-26H,1,3,8-13H2,2H3,(H,21,27)/t17-,18+/m0/s1. The Morgan fingerprint density at radius 1 is 1.19 bits per heavy atom. The summed E-state index contributed by atoms with van der Waals surface area (Å²) in [6.45, 7) is 8.12. The fourth-order valence-electron chi connectivity index (χ4n) is 2.80. The van der Waals surface area contributed by atoms with E-state index in [1.165, 1.54) is 0 Å². The molecule has 27 heavy (non-hydrogen) atoms. The molecule has 0 radical (unpaired) electrons. The molecule has 1 aromatic rings. The highest BCUT2D eigenvalue weighted by Crippen LogP contribution is 2.21. The Balaban J connectivity index is 1.86. The zero-order valence-corrected chi connectivity index (χ0v) is 16.5. The second-order valence-electron chi connectivity index (χ2n) is 6.71. The zero-order valence-electron chi connectivity index (χ0n) is 15.7. The molecular formula is C19H29ClN4O3. The van der Waals surface area contributed by atoms with Crippen molar-refractivity contribution >= 4 is 28.9 Å². The minimum atomic E-state index is -1.59. The Bertz CT molecular complexity index is 618. The van der Waals surface area contributed by atoms with E-state index in [-0.39, 0.29) is 5.70 Å². The summed E-state index contributed by atoms with van der Waals surface area (Å²) in [4.78, 5) is 16.4. The predicted molar refractivity (Wildman–Crippen MR) is 109 cm³/mol. The highest BCUT2D eigenvalue weighted by Gasteiger charge is 2.26. The van der Waals surface area contributed by atoms with Crippen molar-refractivity contribution in [3.8, 4) is 0 Å². The van der Waals surface area contributed by atoms with Crippen molar-refractivity contribution in [1.82, 2.24) is 10.2 Å². The predicted octanol–water partition coefficient (Wildman–Crippen LogP) is 0.831. The highest BCUT2D eigenvalue weighted by molar-refractivity contribution is 6.17. The molecule has 0 saturated carbocycles. The Morgan fingerprint density at radius 3 is 2.41 bits per heavy atom. The molecule has 2 rings (SSSR count). The van der Waals surface area contributed by atoms with Gasteiger partial charge in [0.25, 0.3) is 5.91 Å². The van der Waals surface area contributed by atoms with E-state index in [4.69, 9.17) is 11.6 Å². The quantitative estimate of drug-likeness (QED) is 0.365. The average molecular weight is 397 g/mol. The first-order chi connectivity index (χ1) is 12.9. The molecule has 0 unspecified atom stereocenters. The molecule has 1 amide bonds. The van der Waals surface area contributed by atoms with Crippen LogP contribution in [0.1, 0.15) is 6.42 Å².